The van der Waals surface area contributed by atoms with Crippen molar-refractivity contribution in [3.63, 3.8) is 0 Å². The van der Waals surface area contributed by atoms with E-state index in [2.05, 4.69) is 5.32 Å². The van der Waals surface area contributed by atoms with Crippen molar-refractivity contribution in [2.75, 3.05) is 52.9 Å². The normalized spacial score (nSPS) is 21.4. The van der Waals surface area contributed by atoms with Crippen LogP contribution in [-0.4, -0.2) is 86.6 Å². The lowest BCUT2D eigenvalue weighted by Crippen LogP contribution is -2.60. The van der Waals surface area contributed by atoms with Gasteiger partial charge in [-0.1, -0.05) is 0 Å². The average Bonchev–Trinajstić information content (AvgIpc) is 2.55. The van der Waals surface area contributed by atoms with Crippen LogP contribution in [0.3, 0.4) is 0 Å². The third kappa shape index (κ3) is 5.82. The van der Waals surface area contributed by atoms with Gasteiger partial charge in [-0.3, -0.25) is 9.69 Å². The van der Waals surface area contributed by atoms with Gasteiger partial charge in [0.25, 0.3) is 5.91 Å². The number of alkyl halides is 4. The van der Waals surface area contributed by atoms with E-state index in [9.17, 15) is 22.4 Å². The minimum Gasteiger partial charge on any atom is -0.368 e. The molecule has 1 amide bonds. The third-order valence-electron chi connectivity index (χ3n) is 4.60. The Kier molecular flexibility index (Phi) is 9.96. The molecule has 0 spiro atoms. The van der Waals surface area contributed by atoms with Crippen LogP contribution in [0, 0.1) is 0 Å². The number of piperazine rings is 1. The van der Waals surface area contributed by atoms with Crippen molar-refractivity contribution in [3.8, 4) is 0 Å². The highest BCUT2D eigenvalue weighted by molar-refractivity contribution is 5.86. The third-order valence-corrected chi connectivity index (χ3v) is 4.60. The molecule has 0 aliphatic carbocycles. The van der Waals surface area contributed by atoms with E-state index in [1.807, 2.05) is 0 Å². The second kappa shape index (κ2) is 10.1. The van der Waals surface area contributed by atoms with Crippen molar-refractivity contribution in [2.45, 2.75) is 30.8 Å². The molecule has 2 aliphatic heterocycles. The summed E-state index contributed by atoms with van der Waals surface area (Å²) in [6.45, 7) is 1.19. The van der Waals surface area contributed by atoms with E-state index >= 15 is 0 Å². The molecule has 2 rings (SSSR count). The van der Waals surface area contributed by atoms with Crippen LogP contribution in [0.4, 0.5) is 17.6 Å². The molecule has 150 valence electrons. The van der Waals surface area contributed by atoms with Crippen LogP contribution < -0.4 is 5.32 Å². The average molecular weight is 414 g/mol. The predicted octanol–water partition coefficient (Wildman–Crippen LogP) is 1.64. The van der Waals surface area contributed by atoms with E-state index in [-0.39, 0.29) is 56.9 Å². The van der Waals surface area contributed by atoms with E-state index in [4.69, 9.17) is 4.74 Å². The Morgan fingerprint density at radius 2 is 1.68 bits per heavy atom. The van der Waals surface area contributed by atoms with Crippen LogP contribution in [0.1, 0.15) is 12.8 Å². The van der Waals surface area contributed by atoms with Crippen molar-refractivity contribution in [1.29, 1.82) is 0 Å². The van der Waals surface area contributed by atoms with Crippen molar-refractivity contribution in [2.24, 2.45) is 0 Å². The van der Waals surface area contributed by atoms with Crippen LogP contribution >= 0.6 is 24.8 Å². The zero-order valence-electron chi connectivity index (χ0n) is 14.0. The number of methoxy groups -OCH3 is 1. The molecule has 0 bridgehead atoms. The first-order valence-electron chi connectivity index (χ1n) is 7.74. The smallest absolute Gasteiger partial charge is 0.319 e. The van der Waals surface area contributed by atoms with Crippen molar-refractivity contribution in [3.05, 3.63) is 0 Å². The summed E-state index contributed by atoms with van der Waals surface area (Å²) < 4.78 is 56.2. The molecule has 11 heteroatoms. The topological polar surface area (TPSA) is 44.8 Å². The monoisotopic (exact) mass is 413 g/mol. The molecule has 0 aromatic rings. The van der Waals surface area contributed by atoms with Gasteiger partial charge in [0.15, 0.2) is 0 Å². The van der Waals surface area contributed by atoms with Crippen LogP contribution in [-0.2, 0) is 9.53 Å². The van der Waals surface area contributed by atoms with Crippen molar-refractivity contribution < 1.29 is 27.1 Å². The molecule has 0 unspecified atom stereocenters. The van der Waals surface area contributed by atoms with Crippen molar-refractivity contribution >= 4 is 30.7 Å². The summed E-state index contributed by atoms with van der Waals surface area (Å²) in [4.78, 5) is 15.6. The van der Waals surface area contributed by atoms with Gasteiger partial charge in [-0.05, 0) is 25.9 Å². The summed E-state index contributed by atoms with van der Waals surface area (Å²) in [5.74, 6) is -4.16. The zero-order valence-corrected chi connectivity index (χ0v) is 15.6. The first-order valence-corrected chi connectivity index (χ1v) is 7.74. The van der Waals surface area contributed by atoms with Gasteiger partial charge < -0.3 is 15.0 Å². The lowest BCUT2D eigenvalue weighted by Gasteiger charge is -2.42. The highest BCUT2D eigenvalue weighted by atomic mass is 35.5. The molecule has 0 aromatic heterocycles. The number of carbonyl (C=O) groups is 1. The lowest BCUT2D eigenvalue weighted by molar-refractivity contribution is -0.163. The molecule has 1 N–H and O–H groups in total. The molecule has 5 nitrogen and oxygen atoms in total. The van der Waals surface area contributed by atoms with Gasteiger partial charge in [-0.25, -0.2) is 8.78 Å². The maximum absolute atomic E-state index is 13.1. The molecule has 25 heavy (non-hydrogen) atoms. The van der Waals surface area contributed by atoms with Crippen LogP contribution in [0.25, 0.3) is 0 Å². The highest BCUT2D eigenvalue weighted by Crippen LogP contribution is 2.27. The van der Waals surface area contributed by atoms with E-state index in [0.29, 0.717) is 25.9 Å². The second-order valence-electron chi connectivity index (χ2n) is 6.08. The van der Waals surface area contributed by atoms with E-state index in [1.165, 1.54) is 12.0 Å². The fraction of sp³-hybridized carbons (Fsp3) is 0.929. The first-order chi connectivity index (χ1) is 10.8. The van der Waals surface area contributed by atoms with E-state index < -0.39 is 24.5 Å². The largest absolute Gasteiger partial charge is 0.368 e. The summed E-state index contributed by atoms with van der Waals surface area (Å²) in [5.41, 5.74) is -0.861. The SMILES string of the molecule is COC1(C(=O)N2CCN(CC(F)(F)C(F)F)CC2)CCNCC1.Cl.Cl. The Hall–Kier alpha value is -0.350. The first kappa shape index (κ1) is 24.7. The van der Waals surface area contributed by atoms with Gasteiger partial charge in [0.05, 0.1) is 6.54 Å². The molecule has 0 aromatic carbocycles. The second-order valence-corrected chi connectivity index (χ2v) is 6.08. The predicted molar refractivity (Wildman–Crippen MR) is 90.3 cm³/mol. The maximum atomic E-state index is 13.1. The number of hydrogen-bond acceptors (Lipinski definition) is 4. The lowest BCUT2D eigenvalue weighted by atomic mass is 9.90. The summed E-state index contributed by atoms with van der Waals surface area (Å²) in [6, 6.07) is 0. The molecular formula is C14H25Cl2F4N3O2. The molecule has 0 saturated carbocycles. The Morgan fingerprint density at radius 1 is 1.16 bits per heavy atom. The minimum absolute atomic E-state index is 0. The van der Waals surface area contributed by atoms with Gasteiger partial charge in [0.1, 0.15) is 5.60 Å². The number of nitrogens with zero attached hydrogens (tertiary/aromatic N) is 2. The quantitative estimate of drug-likeness (QED) is 0.695. The number of nitrogens with one attached hydrogen (secondary N) is 1. The fourth-order valence-corrected chi connectivity index (χ4v) is 3.10. The maximum Gasteiger partial charge on any atom is 0.319 e. The van der Waals surface area contributed by atoms with E-state index in [1.54, 1.807) is 4.90 Å². The Balaban J connectivity index is 0.00000288. The number of amides is 1. The summed E-state index contributed by atoms with van der Waals surface area (Å²) in [6.07, 6.45) is -2.55. The standard InChI is InChI=1S/C14H23F4N3O2.2ClH/c1-23-13(2-4-19-5-3-13)12(22)21-8-6-20(7-9-21)10-14(17,18)11(15)16;;/h11,19H,2-10H2,1H3;2*1H. The summed E-state index contributed by atoms with van der Waals surface area (Å²) >= 11 is 0. The molecular weight excluding hydrogens is 389 g/mol. The Bertz CT molecular complexity index is 419. The molecule has 2 fully saturated rings. The molecule has 0 atom stereocenters. The van der Waals surface area contributed by atoms with Gasteiger partial charge in [-0.15, -0.1) is 24.8 Å². The highest BCUT2D eigenvalue weighted by Gasteiger charge is 2.45. The van der Waals surface area contributed by atoms with Crippen LogP contribution in [0.15, 0.2) is 0 Å². The van der Waals surface area contributed by atoms with Gasteiger partial charge in [0, 0.05) is 33.3 Å². The Labute approximate surface area is 157 Å². The molecule has 2 heterocycles. The van der Waals surface area contributed by atoms with E-state index in [0.717, 1.165) is 0 Å². The minimum atomic E-state index is -4.02. The number of halogens is 6. The van der Waals surface area contributed by atoms with Gasteiger partial charge in [0.2, 0.25) is 0 Å². The number of piperidine rings is 1. The van der Waals surface area contributed by atoms with Crippen LogP contribution in [0.2, 0.25) is 0 Å². The number of carbonyl (C=O) groups excluding carboxylic acids is 1. The van der Waals surface area contributed by atoms with Crippen LogP contribution in [0.5, 0.6) is 0 Å². The van der Waals surface area contributed by atoms with Gasteiger partial charge >= 0.3 is 12.3 Å². The number of rotatable bonds is 5. The molecule has 0 radical (unpaired) electrons. The number of hydrogen-bond donors (Lipinski definition) is 1. The summed E-state index contributed by atoms with van der Waals surface area (Å²) in [5, 5.41) is 3.16. The molecule has 2 saturated heterocycles. The number of ether oxygens (including phenoxy) is 1. The Morgan fingerprint density at radius 3 is 2.12 bits per heavy atom. The zero-order chi connectivity index (χ0) is 17.1. The van der Waals surface area contributed by atoms with Crippen molar-refractivity contribution in [1.82, 2.24) is 15.1 Å². The summed E-state index contributed by atoms with van der Waals surface area (Å²) in [7, 11) is 1.50. The van der Waals surface area contributed by atoms with Gasteiger partial charge in [-0.2, -0.15) is 8.78 Å². The molecule has 2 aliphatic rings. The fourth-order valence-electron chi connectivity index (χ4n) is 3.10.